The van der Waals surface area contributed by atoms with Crippen LogP contribution in [0.4, 0.5) is 11.4 Å². The number of aromatic nitrogens is 4. The number of carbonyl (C=O) groups excluding carboxylic acids is 2. The number of benzene rings is 4. The largest absolute Gasteiger partial charge is 0.507 e. The molecular weight excluding hydrogens is 819 g/mol. The molecule has 2 aromatic heterocycles. The molecule has 0 radical (unpaired) electrons. The summed E-state index contributed by atoms with van der Waals surface area (Å²) in [4.78, 5) is 55.8. The van der Waals surface area contributed by atoms with Gasteiger partial charge in [0.15, 0.2) is 0 Å². The van der Waals surface area contributed by atoms with Gasteiger partial charge in [0.05, 0.1) is 37.4 Å². The number of aromatic carboxylic acids is 2. The number of hydrogen-bond donors (Lipinski definition) is 5. The maximum atomic E-state index is 14.7. The van der Waals surface area contributed by atoms with Crippen molar-refractivity contribution in [3.63, 3.8) is 0 Å². The van der Waals surface area contributed by atoms with Crippen LogP contribution in [-0.4, -0.2) is 83.4 Å². The first-order chi connectivity index (χ1) is 29.8. The van der Waals surface area contributed by atoms with E-state index in [-0.39, 0.29) is 58.1 Å². The highest BCUT2D eigenvalue weighted by Gasteiger charge is 2.32. The van der Waals surface area contributed by atoms with Gasteiger partial charge in [0, 0.05) is 47.7 Å². The van der Waals surface area contributed by atoms with Gasteiger partial charge in [-0.2, -0.15) is 4.31 Å². The van der Waals surface area contributed by atoms with Crippen LogP contribution >= 0.6 is 0 Å². The van der Waals surface area contributed by atoms with E-state index in [2.05, 4.69) is 20.6 Å². The first kappa shape index (κ1) is 42.9. The number of rotatable bonds is 16. The van der Waals surface area contributed by atoms with Gasteiger partial charge in [0.2, 0.25) is 21.8 Å². The van der Waals surface area contributed by atoms with E-state index in [4.69, 9.17) is 5.11 Å². The molecule has 0 unspecified atom stereocenters. The number of nitrogens with zero attached hydrogens (tertiary/aromatic N) is 6. The summed E-state index contributed by atoms with van der Waals surface area (Å²) in [7, 11) is -4.52. The smallest absolute Gasteiger partial charge is 0.339 e. The van der Waals surface area contributed by atoms with E-state index < -0.39 is 58.4 Å². The summed E-state index contributed by atoms with van der Waals surface area (Å²) in [6.45, 7) is -1.21. The second-order valence-electron chi connectivity index (χ2n) is 15.0. The van der Waals surface area contributed by atoms with E-state index in [0.29, 0.717) is 16.9 Å². The topological polar surface area (TPSA) is 245 Å². The Hall–Kier alpha value is -7.18. The molecule has 0 saturated heterocycles. The number of fused-ring (bicyclic) bond motifs is 1. The van der Waals surface area contributed by atoms with Crippen LogP contribution in [0.3, 0.4) is 0 Å². The lowest BCUT2D eigenvalue weighted by atomic mass is 9.84. The lowest BCUT2D eigenvalue weighted by Crippen LogP contribution is -2.42. The fraction of sp³-hybridized carbons (Fsp3) is 0.250. The van der Waals surface area contributed by atoms with Crippen molar-refractivity contribution in [2.24, 2.45) is 0 Å². The predicted molar refractivity (Wildman–Crippen MR) is 226 cm³/mol. The van der Waals surface area contributed by atoms with E-state index in [1.54, 1.807) is 24.3 Å². The highest BCUT2D eigenvalue weighted by atomic mass is 32.2. The van der Waals surface area contributed by atoms with Crippen LogP contribution in [0.1, 0.15) is 82.0 Å². The van der Waals surface area contributed by atoms with Crippen LogP contribution in [0.2, 0.25) is 0 Å². The average Bonchev–Trinajstić information content (AvgIpc) is 3.71. The van der Waals surface area contributed by atoms with Crippen LogP contribution in [-0.2, 0) is 39.2 Å². The summed E-state index contributed by atoms with van der Waals surface area (Å²) in [5.74, 6) is -4.55. The second-order valence-corrected chi connectivity index (χ2v) is 16.9. The molecule has 62 heavy (non-hydrogen) atoms. The number of nitrogens with one attached hydrogen (secondary N) is 1. The zero-order valence-corrected chi connectivity index (χ0v) is 34.1. The Morgan fingerprint density at radius 3 is 2.19 bits per heavy atom. The summed E-state index contributed by atoms with van der Waals surface area (Å²) < 4.78 is 31.7. The minimum Gasteiger partial charge on any atom is -0.507 e. The molecule has 18 heteroatoms. The number of amides is 2. The molecule has 1 aliphatic rings. The van der Waals surface area contributed by atoms with E-state index in [1.165, 1.54) is 58.2 Å². The number of hydrogen-bond acceptors (Lipinski definition) is 11. The lowest BCUT2D eigenvalue weighted by molar-refractivity contribution is -0.119. The first-order valence-electron chi connectivity index (χ1n) is 19.8. The Morgan fingerprint density at radius 1 is 0.806 bits per heavy atom. The van der Waals surface area contributed by atoms with Crippen LogP contribution in [0.25, 0.3) is 10.9 Å². The second kappa shape index (κ2) is 18.6. The van der Waals surface area contributed by atoms with Gasteiger partial charge in [0.1, 0.15) is 27.5 Å². The fourth-order valence-corrected chi connectivity index (χ4v) is 9.05. The van der Waals surface area contributed by atoms with Gasteiger partial charge < -0.3 is 30.6 Å². The quantitative estimate of drug-likeness (QED) is 0.0736. The molecule has 1 aliphatic carbocycles. The maximum Gasteiger partial charge on any atom is 0.339 e. The summed E-state index contributed by atoms with van der Waals surface area (Å²) in [6.07, 6.45) is 8.49. The van der Waals surface area contributed by atoms with Gasteiger partial charge in [-0.05, 0) is 66.3 Å². The van der Waals surface area contributed by atoms with Crippen LogP contribution in [0.5, 0.6) is 11.5 Å². The number of carbonyl (C=O) groups is 4. The standard InChI is InChI=1S/C44H43N7O10S/c52-37-22-32(15-17-35(37)43(56)57)46-40(54)19-21-49-25-33(47-48-49)26-50(62(60,61)39-10-4-8-31-9-5-20-45-42(31)39)27-41(55)51(34-16-18-36(44(58)59)38(53)23-34)24-28-11-13-30(14-12-28)29-6-2-1-3-7-29/h4-5,8-18,20,22-23,25,29,52-53H,1-3,6-7,19,21,24,26-27H2,(H,46,54)(H,56,57)(H,58,59). The van der Waals surface area contributed by atoms with Crippen molar-refractivity contribution in [3.8, 4) is 11.5 Å². The number of carboxylic acids is 2. The molecule has 17 nitrogen and oxygen atoms in total. The van der Waals surface area contributed by atoms with Gasteiger partial charge in [-0.3, -0.25) is 19.3 Å². The highest BCUT2D eigenvalue weighted by Crippen LogP contribution is 2.34. The van der Waals surface area contributed by atoms with Crippen molar-refractivity contribution in [2.75, 3.05) is 16.8 Å². The van der Waals surface area contributed by atoms with E-state index in [0.717, 1.165) is 48.2 Å². The van der Waals surface area contributed by atoms with Crippen molar-refractivity contribution >= 4 is 56.1 Å². The molecule has 6 aromatic rings. The van der Waals surface area contributed by atoms with Crippen molar-refractivity contribution < 1.29 is 48.0 Å². The summed E-state index contributed by atoms with van der Waals surface area (Å²) >= 11 is 0. The Morgan fingerprint density at radius 2 is 1.50 bits per heavy atom. The summed E-state index contributed by atoms with van der Waals surface area (Å²) in [5, 5.41) is 50.7. The third-order valence-corrected chi connectivity index (χ3v) is 12.6. The number of para-hydroxylation sites is 1. The van der Waals surface area contributed by atoms with Gasteiger partial charge in [-0.15, -0.1) is 5.10 Å². The van der Waals surface area contributed by atoms with E-state index in [9.17, 15) is 42.9 Å². The molecule has 0 spiro atoms. The van der Waals surface area contributed by atoms with Crippen molar-refractivity contribution in [1.29, 1.82) is 0 Å². The number of sulfonamides is 1. The Balaban J connectivity index is 1.16. The molecule has 5 N–H and O–H groups in total. The molecular formula is C44H43N7O10S. The van der Waals surface area contributed by atoms with Crippen LogP contribution in [0, 0.1) is 0 Å². The molecule has 0 bridgehead atoms. The van der Waals surface area contributed by atoms with Crippen molar-refractivity contribution in [3.05, 3.63) is 131 Å². The minimum atomic E-state index is -4.52. The molecule has 0 atom stereocenters. The Bertz CT molecular complexity index is 2750. The highest BCUT2D eigenvalue weighted by molar-refractivity contribution is 7.89. The molecule has 320 valence electrons. The van der Waals surface area contributed by atoms with Crippen molar-refractivity contribution in [1.82, 2.24) is 24.3 Å². The molecule has 2 amide bonds. The molecule has 0 aliphatic heterocycles. The molecule has 1 saturated carbocycles. The SMILES string of the molecule is O=C(CCn1cc(CN(CC(=O)N(Cc2ccc(C3CCCCC3)cc2)c2ccc(C(=O)O)c(O)c2)S(=O)(=O)c2cccc3cccnc23)nn1)Nc1ccc(C(=O)O)c(O)c1. The van der Waals surface area contributed by atoms with Crippen molar-refractivity contribution in [2.45, 2.75) is 69.0 Å². The lowest BCUT2D eigenvalue weighted by Gasteiger charge is -2.28. The Labute approximate surface area is 355 Å². The third-order valence-electron chi connectivity index (χ3n) is 10.8. The number of anilines is 2. The van der Waals surface area contributed by atoms with Gasteiger partial charge >= 0.3 is 11.9 Å². The van der Waals surface area contributed by atoms with Gasteiger partial charge in [0.25, 0.3) is 0 Å². The normalized spacial score (nSPS) is 13.2. The fourth-order valence-electron chi connectivity index (χ4n) is 7.52. The third kappa shape index (κ3) is 9.88. The Kier molecular flexibility index (Phi) is 12.9. The number of carboxylic acid groups (broad SMARTS) is 2. The van der Waals surface area contributed by atoms with E-state index in [1.807, 2.05) is 24.3 Å². The van der Waals surface area contributed by atoms with Gasteiger partial charge in [-0.25, -0.2) is 18.0 Å². The maximum absolute atomic E-state index is 14.7. The van der Waals surface area contributed by atoms with Crippen LogP contribution < -0.4 is 10.2 Å². The number of phenols is 2. The minimum absolute atomic E-state index is 0.0000933. The number of aryl methyl sites for hydroxylation is 1. The van der Waals surface area contributed by atoms with E-state index >= 15 is 0 Å². The number of aromatic hydroxyl groups is 2. The molecule has 2 heterocycles. The van der Waals surface area contributed by atoms with Gasteiger partial charge in [-0.1, -0.05) is 66.9 Å². The summed E-state index contributed by atoms with van der Waals surface area (Å²) in [5.41, 5.74) is 1.83. The molecule has 7 rings (SSSR count). The molecule has 4 aromatic carbocycles. The molecule has 1 fully saturated rings. The first-order valence-corrected chi connectivity index (χ1v) is 21.3. The predicted octanol–water partition coefficient (Wildman–Crippen LogP) is 6.13. The average molecular weight is 862 g/mol. The zero-order chi connectivity index (χ0) is 44.0. The van der Waals surface area contributed by atoms with Crippen LogP contribution in [0.15, 0.2) is 108 Å². The number of pyridine rings is 1. The zero-order valence-electron chi connectivity index (χ0n) is 33.3. The summed E-state index contributed by atoms with van der Waals surface area (Å²) in [6, 6.07) is 23.2. The monoisotopic (exact) mass is 861 g/mol.